The number of carbonyl (C=O) groups is 2. The third-order valence-corrected chi connectivity index (χ3v) is 6.96. The molecule has 7 heteroatoms. The molecule has 0 aromatic carbocycles. The van der Waals surface area contributed by atoms with Crippen LogP contribution in [0.15, 0.2) is 0 Å². The van der Waals surface area contributed by atoms with Crippen LogP contribution >= 0.6 is 8.58 Å². The van der Waals surface area contributed by atoms with Gasteiger partial charge in [0.2, 0.25) is 5.91 Å². The van der Waals surface area contributed by atoms with E-state index in [1.54, 1.807) is 0 Å². The number of alkyl carbamates (subject to hydrolysis) is 1. The van der Waals surface area contributed by atoms with Crippen LogP contribution in [0.4, 0.5) is 4.79 Å². The van der Waals surface area contributed by atoms with Crippen molar-refractivity contribution in [3.8, 4) is 0 Å². The number of rotatable bonds is 5. The monoisotopic (exact) mass is 369 g/mol. The molecule has 1 unspecified atom stereocenters. The van der Waals surface area contributed by atoms with Gasteiger partial charge in [0.15, 0.2) is 0 Å². The highest BCUT2D eigenvalue weighted by Gasteiger charge is 2.52. The van der Waals surface area contributed by atoms with Crippen molar-refractivity contribution in [1.29, 1.82) is 0 Å². The number of hydrogen-bond donors (Lipinski definition) is 1. The van der Waals surface area contributed by atoms with Gasteiger partial charge in [-0.2, -0.15) is 0 Å². The van der Waals surface area contributed by atoms with Gasteiger partial charge in [0.05, 0.1) is 0 Å². The Kier molecular flexibility index (Phi) is 5.89. The Labute approximate surface area is 152 Å². The van der Waals surface area contributed by atoms with Crippen molar-refractivity contribution in [2.24, 2.45) is 0 Å². The zero-order valence-corrected chi connectivity index (χ0v) is 16.6. The van der Waals surface area contributed by atoms with E-state index in [4.69, 9.17) is 4.74 Å². The molecule has 0 aromatic rings. The van der Waals surface area contributed by atoms with Crippen LogP contribution in [-0.4, -0.2) is 72.1 Å². The molecule has 1 atom stereocenters. The second-order valence-corrected chi connectivity index (χ2v) is 8.78. The van der Waals surface area contributed by atoms with Crippen LogP contribution in [0.1, 0.15) is 51.9 Å². The maximum Gasteiger partial charge on any atom is 0.407 e. The van der Waals surface area contributed by atoms with E-state index in [0.717, 1.165) is 64.7 Å². The summed E-state index contributed by atoms with van der Waals surface area (Å²) in [4.78, 5) is 28.5. The van der Waals surface area contributed by atoms with E-state index in [1.165, 1.54) is 0 Å². The standard InChI is InChI=1S/C18H32N3O3P/c1-3-15(22)20-10-12-21(13-11-20)18-7-4-17(5-8-18,6-9-18)19-16(23)24-14-25-2/h25H,3-14H2,1-2H3,(H,19,23). The molecule has 142 valence electrons. The average Bonchev–Trinajstić information content (AvgIpc) is 2.67. The largest absolute Gasteiger partial charge is 0.445 e. The summed E-state index contributed by atoms with van der Waals surface area (Å²) in [5.74, 6) is 0.277. The molecular weight excluding hydrogens is 337 g/mol. The molecular formula is C18H32N3O3P. The summed E-state index contributed by atoms with van der Waals surface area (Å²) in [5, 5.41) is 3.18. The lowest BCUT2D eigenvalue weighted by atomic mass is 9.60. The zero-order valence-electron chi connectivity index (χ0n) is 15.6. The Balaban J connectivity index is 1.53. The number of carbonyl (C=O) groups excluding carboxylic acids is 2. The summed E-state index contributed by atoms with van der Waals surface area (Å²) in [5.41, 5.74) is 0.245. The number of amides is 2. The fourth-order valence-corrected chi connectivity index (χ4v) is 5.15. The highest BCUT2D eigenvalue weighted by Crippen LogP contribution is 2.50. The number of hydrogen-bond acceptors (Lipinski definition) is 4. The van der Waals surface area contributed by atoms with E-state index in [2.05, 4.69) is 10.2 Å². The molecule has 25 heavy (non-hydrogen) atoms. The third kappa shape index (κ3) is 3.95. The first-order valence-electron chi connectivity index (χ1n) is 9.65. The second kappa shape index (κ2) is 7.79. The van der Waals surface area contributed by atoms with Crippen LogP contribution in [0.2, 0.25) is 0 Å². The van der Waals surface area contributed by atoms with Gasteiger partial charge < -0.3 is 15.0 Å². The van der Waals surface area contributed by atoms with Crippen LogP contribution in [0.5, 0.6) is 0 Å². The van der Waals surface area contributed by atoms with Crippen LogP contribution < -0.4 is 5.32 Å². The minimum Gasteiger partial charge on any atom is -0.445 e. The molecule has 2 bridgehead atoms. The topological polar surface area (TPSA) is 61.9 Å². The van der Waals surface area contributed by atoms with E-state index >= 15 is 0 Å². The maximum absolute atomic E-state index is 12.0. The molecule has 2 amide bonds. The molecule has 6 nitrogen and oxygen atoms in total. The maximum atomic E-state index is 12.0. The van der Waals surface area contributed by atoms with E-state index < -0.39 is 0 Å². The van der Waals surface area contributed by atoms with E-state index in [0.29, 0.717) is 26.9 Å². The first kappa shape index (κ1) is 18.9. The molecule has 1 aliphatic heterocycles. The van der Waals surface area contributed by atoms with Gasteiger partial charge >= 0.3 is 6.09 Å². The van der Waals surface area contributed by atoms with Crippen LogP contribution in [0.25, 0.3) is 0 Å². The summed E-state index contributed by atoms with van der Waals surface area (Å²) >= 11 is 0. The molecule has 4 aliphatic rings. The van der Waals surface area contributed by atoms with Crippen molar-refractivity contribution >= 4 is 20.6 Å². The molecule has 1 heterocycles. The number of nitrogens with one attached hydrogen (secondary N) is 1. The molecule has 0 spiro atoms. The fraction of sp³-hybridized carbons (Fsp3) is 0.889. The Morgan fingerprint density at radius 1 is 1.04 bits per heavy atom. The number of ether oxygens (including phenoxy) is 1. The van der Waals surface area contributed by atoms with Crippen molar-refractivity contribution < 1.29 is 14.3 Å². The Hall–Kier alpha value is -0.870. The van der Waals surface area contributed by atoms with E-state index in [1.807, 2.05) is 18.5 Å². The molecule has 4 fully saturated rings. The highest BCUT2D eigenvalue weighted by molar-refractivity contribution is 7.36. The van der Waals surface area contributed by atoms with Gasteiger partial charge in [0.25, 0.3) is 0 Å². The van der Waals surface area contributed by atoms with Crippen molar-refractivity contribution in [2.75, 3.05) is 39.2 Å². The van der Waals surface area contributed by atoms with Crippen molar-refractivity contribution in [3.05, 3.63) is 0 Å². The van der Waals surface area contributed by atoms with Crippen molar-refractivity contribution in [3.63, 3.8) is 0 Å². The van der Waals surface area contributed by atoms with Crippen molar-refractivity contribution in [1.82, 2.24) is 15.1 Å². The van der Waals surface area contributed by atoms with Gasteiger partial charge in [-0.3, -0.25) is 9.69 Å². The minimum absolute atomic E-state index is 0.0459. The van der Waals surface area contributed by atoms with Crippen LogP contribution in [-0.2, 0) is 9.53 Å². The quantitative estimate of drug-likeness (QED) is 0.756. The van der Waals surface area contributed by atoms with Gasteiger partial charge in [0, 0.05) is 43.7 Å². The summed E-state index contributed by atoms with van der Waals surface area (Å²) in [6, 6.07) is 0. The zero-order chi connectivity index (χ0) is 17.9. The number of piperazine rings is 1. The first-order chi connectivity index (χ1) is 12.0. The Bertz CT molecular complexity index is 481. The fourth-order valence-electron chi connectivity index (χ4n) is 4.87. The van der Waals surface area contributed by atoms with Gasteiger partial charge in [-0.15, -0.1) is 0 Å². The average molecular weight is 369 g/mol. The predicted octanol–water partition coefficient (Wildman–Crippen LogP) is 2.38. The molecule has 1 saturated heterocycles. The third-order valence-electron chi connectivity index (χ3n) is 6.53. The van der Waals surface area contributed by atoms with Crippen molar-refractivity contribution in [2.45, 2.75) is 62.9 Å². The second-order valence-electron chi connectivity index (χ2n) is 7.78. The molecule has 0 aromatic heterocycles. The smallest absolute Gasteiger partial charge is 0.407 e. The van der Waals surface area contributed by atoms with E-state index in [-0.39, 0.29) is 17.5 Å². The summed E-state index contributed by atoms with van der Waals surface area (Å²) in [6.45, 7) is 7.68. The lowest BCUT2D eigenvalue weighted by Crippen LogP contribution is -2.66. The Morgan fingerprint density at radius 3 is 2.16 bits per heavy atom. The van der Waals surface area contributed by atoms with Gasteiger partial charge in [0.1, 0.15) is 6.35 Å². The Morgan fingerprint density at radius 2 is 1.64 bits per heavy atom. The summed E-state index contributed by atoms with van der Waals surface area (Å²) < 4.78 is 5.24. The van der Waals surface area contributed by atoms with Gasteiger partial charge in [-0.25, -0.2) is 4.79 Å². The predicted molar refractivity (Wildman–Crippen MR) is 100 cm³/mol. The molecule has 3 aliphatic carbocycles. The first-order valence-corrected chi connectivity index (χ1v) is 11.4. The van der Waals surface area contributed by atoms with Crippen LogP contribution in [0.3, 0.4) is 0 Å². The molecule has 1 N–H and O–H groups in total. The molecule has 4 rings (SSSR count). The minimum atomic E-state index is -0.240. The number of nitrogens with zero attached hydrogens (tertiary/aromatic N) is 2. The van der Waals surface area contributed by atoms with Crippen LogP contribution in [0, 0.1) is 0 Å². The van der Waals surface area contributed by atoms with E-state index in [9.17, 15) is 9.59 Å². The molecule has 3 saturated carbocycles. The molecule has 0 radical (unpaired) electrons. The number of fused-ring (bicyclic) bond motifs is 3. The summed E-state index contributed by atoms with van der Waals surface area (Å²) in [6.07, 6.45) is 7.45. The summed E-state index contributed by atoms with van der Waals surface area (Å²) in [7, 11) is 0.639. The van der Waals surface area contributed by atoms with Gasteiger partial charge in [-0.1, -0.05) is 15.5 Å². The normalized spacial score (nSPS) is 33.0. The van der Waals surface area contributed by atoms with Gasteiger partial charge in [-0.05, 0) is 45.2 Å². The lowest BCUT2D eigenvalue weighted by Gasteiger charge is -2.58. The lowest BCUT2D eigenvalue weighted by molar-refractivity contribution is -0.135. The highest BCUT2D eigenvalue weighted by atomic mass is 31.1. The SMILES string of the molecule is CCC(=O)N1CCN(C23CCC(NC(=O)OCPC)(CC2)CC3)CC1.